The molecule has 2 amide bonds. The third-order valence-corrected chi connectivity index (χ3v) is 3.95. The second-order valence-corrected chi connectivity index (χ2v) is 6.10. The highest BCUT2D eigenvalue weighted by Gasteiger charge is 2.18. The van der Waals surface area contributed by atoms with Crippen molar-refractivity contribution in [1.29, 1.82) is 0 Å². The number of nitrogens with one attached hydrogen (secondary N) is 1. The van der Waals surface area contributed by atoms with Crippen LogP contribution in [0.1, 0.15) is 5.56 Å². The second kappa shape index (κ2) is 5.68. The highest BCUT2D eigenvalue weighted by atomic mass is 32.2. The number of nitrogens with two attached hydrogens (primary N) is 1. The minimum atomic E-state index is -3.70. The minimum absolute atomic E-state index is 0.0567. The van der Waals surface area contributed by atoms with Gasteiger partial charge in [-0.15, -0.1) is 0 Å². The number of rotatable bonds is 5. The lowest BCUT2D eigenvalue weighted by Gasteiger charge is -2.15. The largest absolute Gasteiger partial charge is 0.491 e. The Bertz CT molecular complexity index is 615. The first kappa shape index (κ1) is 14.6. The molecule has 0 spiro atoms. The fraction of sp³-hybridized carbons (Fsp3) is 0.417. The van der Waals surface area contributed by atoms with Gasteiger partial charge in [0.05, 0.1) is 11.4 Å². The van der Waals surface area contributed by atoms with Crippen LogP contribution in [0.25, 0.3) is 0 Å². The standard InChI is InChI=1S/C12H17N3O4S/c1-9-8-10(20(13,17)18)2-3-11(9)19-7-6-15-5-4-14-12(15)16/h2-3,8H,4-7H2,1H3,(H,14,16)(H2,13,17,18). The number of amides is 2. The van der Waals surface area contributed by atoms with Gasteiger partial charge in [0.25, 0.3) is 0 Å². The fourth-order valence-electron chi connectivity index (χ4n) is 1.95. The number of carbonyl (C=O) groups excluding carboxylic acids is 1. The van der Waals surface area contributed by atoms with E-state index in [0.717, 1.165) is 0 Å². The molecule has 110 valence electrons. The number of sulfonamides is 1. The smallest absolute Gasteiger partial charge is 0.317 e. The van der Waals surface area contributed by atoms with Gasteiger partial charge in [0.2, 0.25) is 10.0 Å². The van der Waals surface area contributed by atoms with Gasteiger partial charge < -0.3 is 15.0 Å². The molecule has 1 heterocycles. The maximum Gasteiger partial charge on any atom is 0.317 e. The first-order valence-corrected chi connectivity index (χ1v) is 7.71. The summed E-state index contributed by atoms with van der Waals surface area (Å²) in [5, 5.41) is 7.76. The average Bonchev–Trinajstić information content (AvgIpc) is 2.76. The van der Waals surface area contributed by atoms with E-state index in [9.17, 15) is 13.2 Å². The molecule has 0 atom stereocenters. The predicted molar refractivity (Wildman–Crippen MR) is 73.0 cm³/mol. The fourth-order valence-corrected chi connectivity index (χ4v) is 2.55. The van der Waals surface area contributed by atoms with Crippen LogP contribution in [0.5, 0.6) is 5.75 Å². The molecule has 20 heavy (non-hydrogen) atoms. The molecule has 1 aromatic carbocycles. The number of ether oxygens (including phenoxy) is 1. The Morgan fingerprint density at radius 1 is 1.45 bits per heavy atom. The number of carbonyl (C=O) groups is 1. The molecule has 8 heteroatoms. The van der Waals surface area contributed by atoms with Crippen LogP contribution in [-0.4, -0.2) is 45.6 Å². The summed E-state index contributed by atoms with van der Waals surface area (Å²) in [5.41, 5.74) is 0.683. The summed E-state index contributed by atoms with van der Waals surface area (Å²) in [6, 6.07) is 4.35. The summed E-state index contributed by atoms with van der Waals surface area (Å²) >= 11 is 0. The highest BCUT2D eigenvalue weighted by molar-refractivity contribution is 7.89. The Kier molecular flexibility index (Phi) is 4.15. The molecular weight excluding hydrogens is 282 g/mol. The number of primary sulfonamides is 1. The number of hydrogen-bond donors (Lipinski definition) is 2. The Morgan fingerprint density at radius 3 is 2.75 bits per heavy atom. The van der Waals surface area contributed by atoms with Crippen LogP contribution in [0.3, 0.4) is 0 Å². The molecule has 1 aliphatic heterocycles. The number of nitrogens with zero attached hydrogens (tertiary/aromatic N) is 1. The molecule has 7 nitrogen and oxygen atoms in total. The number of benzene rings is 1. The molecule has 0 aliphatic carbocycles. The van der Waals surface area contributed by atoms with Crippen molar-refractivity contribution in [3.8, 4) is 5.75 Å². The molecule has 3 N–H and O–H groups in total. The zero-order chi connectivity index (χ0) is 14.8. The van der Waals surface area contributed by atoms with Gasteiger partial charge in [-0.1, -0.05) is 0 Å². The van der Waals surface area contributed by atoms with Crippen LogP contribution in [0.4, 0.5) is 4.79 Å². The zero-order valence-electron chi connectivity index (χ0n) is 11.1. The first-order valence-electron chi connectivity index (χ1n) is 6.17. The van der Waals surface area contributed by atoms with Crippen molar-refractivity contribution in [2.75, 3.05) is 26.2 Å². The summed E-state index contributed by atoms with van der Waals surface area (Å²) in [4.78, 5) is 13.0. The lowest BCUT2D eigenvalue weighted by Crippen LogP contribution is -2.31. The maximum atomic E-state index is 11.3. The third-order valence-electron chi connectivity index (χ3n) is 3.04. The second-order valence-electron chi connectivity index (χ2n) is 4.54. The first-order chi connectivity index (χ1) is 9.38. The van der Waals surface area contributed by atoms with Gasteiger partial charge in [0, 0.05) is 13.1 Å². The van der Waals surface area contributed by atoms with Gasteiger partial charge in [-0.2, -0.15) is 0 Å². The Morgan fingerprint density at radius 2 is 2.20 bits per heavy atom. The monoisotopic (exact) mass is 299 g/mol. The van der Waals surface area contributed by atoms with Gasteiger partial charge in [-0.25, -0.2) is 18.4 Å². The van der Waals surface area contributed by atoms with Crippen molar-refractivity contribution in [1.82, 2.24) is 10.2 Å². The van der Waals surface area contributed by atoms with E-state index in [1.807, 2.05) is 0 Å². The molecular formula is C12H17N3O4S. The number of urea groups is 1. The van der Waals surface area contributed by atoms with Crippen LogP contribution in [-0.2, 0) is 10.0 Å². The van der Waals surface area contributed by atoms with Gasteiger partial charge in [-0.3, -0.25) is 0 Å². The van der Waals surface area contributed by atoms with E-state index in [4.69, 9.17) is 9.88 Å². The highest BCUT2D eigenvalue weighted by Crippen LogP contribution is 2.21. The molecule has 0 radical (unpaired) electrons. The molecule has 0 bridgehead atoms. The summed E-state index contributed by atoms with van der Waals surface area (Å²) in [5.74, 6) is 0.581. The molecule has 2 rings (SSSR count). The van der Waals surface area contributed by atoms with E-state index in [1.54, 1.807) is 17.9 Å². The van der Waals surface area contributed by atoms with Crippen molar-refractivity contribution in [3.63, 3.8) is 0 Å². The van der Waals surface area contributed by atoms with Crippen molar-refractivity contribution < 1.29 is 17.9 Å². The molecule has 0 aromatic heterocycles. The molecule has 1 fully saturated rings. The van der Waals surface area contributed by atoms with Crippen LogP contribution >= 0.6 is 0 Å². The maximum absolute atomic E-state index is 11.3. The average molecular weight is 299 g/mol. The van der Waals surface area contributed by atoms with E-state index in [-0.39, 0.29) is 10.9 Å². The molecule has 0 unspecified atom stereocenters. The van der Waals surface area contributed by atoms with Crippen molar-refractivity contribution in [2.45, 2.75) is 11.8 Å². The normalized spacial score (nSPS) is 15.3. The third kappa shape index (κ3) is 3.40. The summed E-state index contributed by atoms with van der Waals surface area (Å²) in [7, 11) is -3.70. The SMILES string of the molecule is Cc1cc(S(N)(=O)=O)ccc1OCCN1CCNC1=O. The van der Waals surface area contributed by atoms with E-state index in [1.165, 1.54) is 12.1 Å². The molecule has 1 saturated heterocycles. The summed E-state index contributed by atoms with van der Waals surface area (Å²) in [6.07, 6.45) is 0. The Labute approximate surface area is 117 Å². The van der Waals surface area contributed by atoms with Gasteiger partial charge in [-0.05, 0) is 30.7 Å². The summed E-state index contributed by atoms with van der Waals surface area (Å²) in [6.45, 7) is 3.91. The van der Waals surface area contributed by atoms with Crippen molar-refractivity contribution >= 4 is 16.1 Å². The molecule has 1 aliphatic rings. The van der Waals surface area contributed by atoms with E-state index >= 15 is 0 Å². The van der Waals surface area contributed by atoms with Crippen LogP contribution < -0.4 is 15.2 Å². The Balaban J connectivity index is 1.95. The quantitative estimate of drug-likeness (QED) is 0.801. The molecule has 1 aromatic rings. The Hall–Kier alpha value is -1.80. The van der Waals surface area contributed by atoms with Crippen LogP contribution in [0.15, 0.2) is 23.1 Å². The van der Waals surface area contributed by atoms with Crippen molar-refractivity contribution in [2.24, 2.45) is 5.14 Å². The predicted octanol–water partition coefficient (Wildman–Crippen LogP) is 0.0464. The summed E-state index contributed by atoms with van der Waals surface area (Å²) < 4.78 is 28.0. The van der Waals surface area contributed by atoms with Gasteiger partial charge >= 0.3 is 6.03 Å². The lowest BCUT2D eigenvalue weighted by molar-refractivity contribution is 0.202. The van der Waals surface area contributed by atoms with Gasteiger partial charge in [0.15, 0.2) is 0 Å². The lowest BCUT2D eigenvalue weighted by atomic mass is 10.2. The topological polar surface area (TPSA) is 102 Å². The van der Waals surface area contributed by atoms with Crippen molar-refractivity contribution in [3.05, 3.63) is 23.8 Å². The number of hydrogen-bond acceptors (Lipinski definition) is 4. The molecule has 0 saturated carbocycles. The van der Waals surface area contributed by atoms with Crippen LogP contribution in [0, 0.1) is 6.92 Å². The van der Waals surface area contributed by atoms with Gasteiger partial charge in [0.1, 0.15) is 12.4 Å². The minimum Gasteiger partial charge on any atom is -0.491 e. The van der Waals surface area contributed by atoms with E-state index in [2.05, 4.69) is 5.32 Å². The number of aryl methyl sites for hydroxylation is 1. The van der Waals surface area contributed by atoms with Crippen LogP contribution in [0.2, 0.25) is 0 Å². The zero-order valence-corrected chi connectivity index (χ0v) is 11.9. The van der Waals surface area contributed by atoms with E-state index < -0.39 is 10.0 Å². The van der Waals surface area contributed by atoms with E-state index in [0.29, 0.717) is 37.6 Å².